The van der Waals surface area contributed by atoms with Crippen molar-refractivity contribution in [1.82, 2.24) is 0 Å². The predicted molar refractivity (Wildman–Crippen MR) is 197 cm³/mol. The number of phenolic OH excluding ortho intramolecular Hbond substituents is 1. The monoisotopic (exact) mass is 674 g/mol. The van der Waals surface area contributed by atoms with Gasteiger partial charge in [-0.1, -0.05) is 83.0 Å². The van der Waals surface area contributed by atoms with Crippen LogP contribution in [0.25, 0.3) is 6.08 Å². The number of aliphatic carboxylic acids is 1. The van der Waals surface area contributed by atoms with E-state index in [1.165, 1.54) is 66.7 Å². The van der Waals surface area contributed by atoms with Crippen molar-refractivity contribution in [2.24, 2.45) is 0 Å². The number of Topliss-reactive ketones (excluding diaryl/α,β-unsaturated/α-hetero) is 1. The molecule has 8 nitrogen and oxygen atoms in total. The van der Waals surface area contributed by atoms with Gasteiger partial charge in [0.15, 0.2) is 0 Å². The van der Waals surface area contributed by atoms with Gasteiger partial charge in [0.2, 0.25) is 5.78 Å². The van der Waals surface area contributed by atoms with Gasteiger partial charge < -0.3 is 19.7 Å². The largest absolute Gasteiger partial charge is 0.508 e. The highest BCUT2D eigenvalue weighted by atomic mass is 16.5. The number of allylic oxidation sites excluding steroid dienone is 6. The van der Waals surface area contributed by atoms with Crippen molar-refractivity contribution in [2.45, 2.75) is 93.1 Å². The number of rotatable bonds is 15. The van der Waals surface area contributed by atoms with Gasteiger partial charge in [-0.25, -0.2) is 9.59 Å². The summed E-state index contributed by atoms with van der Waals surface area (Å²) in [6.07, 6.45) is 16.5. The molecule has 0 heterocycles. The maximum atomic E-state index is 12.4. The van der Waals surface area contributed by atoms with Crippen molar-refractivity contribution in [1.29, 1.82) is 0 Å². The van der Waals surface area contributed by atoms with E-state index in [0.717, 1.165) is 31.2 Å². The van der Waals surface area contributed by atoms with Crippen LogP contribution < -0.4 is 0 Å². The van der Waals surface area contributed by atoms with Crippen LogP contribution in [-0.2, 0) is 35.1 Å². The summed E-state index contributed by atoms with van der Waals surface area (Å²) in [5, 5.41) is 17.2. The lowest BCUT2D eigenvalue weighted by Gasteiger charge is -2.14. The minimum atomic E-state index is -1.44. The standard InChI is InChI=1S/C29H40O2.C9H8O4.C3H6O2/c1-23(2)12-10-14-25(5)18-20-28(22-26(6)15-11-13-24(3)4)31-29(30)21-19-27-16-8-7-9-17-27;10-7-3-1-6(2-4-7)5-8(11)9(12)13;1-3(4)5-2/h7-9,12-13,16-19,21-22,28H,10-11,14-15,20H2,1-6H3;1-4,10H,5H2,(H,12,13);1-2H3/b21-19+,25-18+,26-22+;;. The Labute approximate surface area is 292 Å². The molecule has 0 saturated carbocycles. The number of ketones is 1. The third kappa shape index (κ3) is 25.8. The number of ether oxygens (including phenoxy) is 2. The molecule has 0 aliphatic heterocycles. The van der Waals surface area contributed by atoms with E-state index in [1.54, 1.807) is 6.08 Å². The molecule has 0 aliphatic carbocycles. The zero-order valence-electron chi connectivity index (χ0n) is 30.3. The number of carboxylic acid groups (broad SMARTS) is 1. The first-order valence-electron chi connectivity index (χ1n) is 16.2. The SMILES string of the molecule is CC(C)=CCC/C(C)=C/CC(/C=C(\C)CCC=C(C)C)OC(=O)/C=C/c1ccccc1.COC(C)=O.O=C(O)C(=O)Cc1ccc(O)cc1. The predicted octanol–water partition coefficient (Wildman–Crippen LogP) is 9.15. The van der Waals surface area contributed by atoms with Crippen LogP contribution in [0.4, 0.5) is 0 Å². The summed E-state index contributed by atoms with van der Waals surface area (Å²) in [4.78, 5) is 42.9. The molecule has 0 aromatic heterocycles. The number of carboxylic acids is 1. The Bertz CT molecular complexity index is 1450. The molecule has 1 unspecified atom stereocenters. The van der Waals surface area contributed by atoms with Crippen molar-refractivity contribution < 1.29 is 38.9 Å². The summed E-state index contributed by atoms with van der Waals surface area (Å²) in [5.41, 5.74) is 6.81. The van der Waals surface area contributed by atoms with Gasteiger partial charge in [0.05, 0.1) is 7.11 Å². The molecule has 2 rings (SSSR count). The van der Waals surface area contributed by atoms with Crippen LogP contribution in [0.3, 0.4) is 0 Å². The van der Waals surface area contributed by atoms with Gasteiger partial charge >= 0.3 is 17.9 Å². The lowest BCUT2D eigenvalue weighted by Crippen LogP contribution is -2.14. The van der Waals surface area contributed by atoms with Gasteiger partial charge in [-0.3, -0.25) is 9.59 Å². The van der Waals surface area contributed by atoms with Gasteiger partial charge in [0.1, 0.15) is 11.9 Å². The van der Waals surface area contributed by atoms with Crippen LogP contribution in [0, 0.1) is 0 Å². The third-order valence-corrected chi connectivity index (χ3v) is 6.66. The lowest BCUT2D eigenvalue weighted by atomic mass is 10.0. The number of aromatic hydroxyl groups is 1. The van der Waals surface area contributed by atoms with Gasteiger partial charge in [0.25, 0.3) is 0 Å². The highest BCUT2D eigenvalue weighted by molar-refractivity contribution is 6.33. The van der Waals surface area contributed by atoms with Gasteiger partial charge in [-0.05, 0) is 103 Å². The Hall–Kier alpha value is -4.98. The van der Waals surface area contributed by atoms with Crippen LogP contribution in [0.5, 0.6) is 5.75 Å². The normalized spacial score (nSPS) is 11.5. The Morgan fingerprint density at radius 3 is 1.78 bits per heavy atom. The number of carbonyl (C=O) groups excluding carboxylic acids is 3. The summed E-state index contributed by atoms with van der Waals surface area (Å²) in [6, 6.07) is 15.6. The van der Waals surface area contributed by atoms with Crippen LogP contribution in [0.1, 0.15) is 91.7 Å². The van der Waals surface area contributed by atoms with E-state index >= 15 is 0 Å². The molecular formula is C41H54O8. The number of hydrogen-bond acceptors (Lipinski definition) is 7. The second-order valence-electron chi connectivity index (χ2n) is 11.9. The molecule has 0 bridgehead atoms. The van der Waals surface area contributed by atoms with Crippen LogP contribution in [0.15, 0.2) is 107 Å². The summed E-state index contributed by atoms with van der Waals surface area (Å²) >= 11 is 0. The highest BCUT2D eigenvalue weighted by Gasteiger charge is 2.12. The molecule has 0 radical (unpaired) electrons. The van der Waals surface area contributed by atoms with Crippen LogP contribution >= 0.6 is 0 Å². The molecule has 0 saturated heterocycles. The topological polar surface area (TPSA) is 127 Å². The smallest absolute Gasteiger partial charge is 0.372 e. The minimum absolute atomic E-state index is 0.0894. The fourth-order valence-corrected chi connectivity index (χ4v) is 3.94. The Morgan fingerprint density at radius 1 is 0.755 bits per heavy atom. The zero-order valence-corrected chi connectivity index (χ0v) is 30.3. The van der Waals surface area contributed by atoms with E-state index in [-0.39, 0.29) is 30.2 Å². The number of hydrogen-bond donors (Lipinski definition) is 2. The van der Waals surface area contributed by atoms with Gasteiger partial charge in [0, 0.05) is 25.8 Å². The second kappa shape index (κ2) is 26.0. The summed E-state index contributed by atoms with van der Waals surface area (Å²) < 4.78 is 9.90. The van der Waals surface area contributed by atoms with Crippen molar-refractivity contribution >= 4 is 29.8 Å². The Balaban J connectivity index is 0.00000104. The molecule has 1 atom stereocenters. The van der Waals surface area contributed by atoms with E-state index in [4.69, 9.17) is 14.9 Å². The molecule has 2 aromatic carbocycles. The fourth-order valence-electron chi connectivity index (χ4n) is 3.94. The first-order valence-corrected chi connectivity index (χ1v) is 16.2. The van der Waals surface area contributed by atoms with Crippen molar-refractivity contribution in [3.8, 4) is 5.75 Å². The number of methoxy groups -OCH3 is 1. The molecule has 0 aliphatic rings. The van der Waals surface area contributed by atoms with E-state index < -0.39 is 11.8 Å². The maximum absolute atomic E-state index is 12.4. The number of phenols is 1. The molecule has 2 aromatic rings. The summed E-state index contributed by atoms with van der Waals surface area (Å²) in [7, 11) is 1.35. The van der Waals surface area contributed by atoms with E-state index in [0.29, 0.717) is 12.0 Å². The van der Waals surface area contributed by atoms with E-state index in [1.807, 2.05) is 30.3 Å². The summed E-state index contributed by atoms with van der Waals surface area (Å²) in [6.45, 7) is 14.1. The van der Waals surface area contributed by atoms with E-state index in [2.05, 4.69) is 70.6 Å². The molecule has 2 N–H and O–H groups in total. The number of esters is 2. The molecule has 0 amide bonds. The molecule has 266 valence electrons. The van der Waals surface area contributed by atoms with Gasteiger partial charge in [-0.15, -0.1) is 0 Å². The minimum Gasteiger partial charge on any atom is -0.508 e. The van der Waals surface area contributed by atoms with Crippen LogP contribution in [0.2, 0.25) is 0 Å². The second-order valence-corrected chi connectivity index (χ2v) is 11.9. The Kier molecular flexibility index (Phi) is 23.4. The quantitative estimate of drug-likeness (QED) is 0.0829. The van der Waals surface area contributed by atoms with Crippen molar-refractivity contribution in [2.75, 3.05) is 7.11 Å². The average molecular weight is 675 g/mol. The Morgan fingerprint density at radius 2 is 1.29 bits per heavy atom. The van der Waals surface area contributed by atoms with Crippen molar-refractivity contribution in [3.63, 3.8) is 0 Å². The summed E-state index contributed by atoms with van der Waals surface area (Å²) in [5.74, 6) is -2.76. The third-order valence-electron chi connectivity index (χ3n) is 6.66. The molecule has 49 heavy (non-hydrogen) atoms. The molecule has 8 heteroatoms. The molecule has 0 spiro atoms. The highest BCUT2D eigenvalue weighted by Crippen LogP contribution is 2.15. The molecule has 0 fully saturated rings. The van der Waals surface area contributed by atoms with Crippen LogP contribution in [-0.4, -0.2) is 47.1 Å². The van der Waals surface area contributed by atoms with Crippen molar-refractivity contribution in [3.05, 3.63) is 118 Å². The number of carbonyl (C=O) groups is 4. The first-order chi connectivity index (χ1) is 23.1. The maximum Gasteiger partial charge on any atom is 0.372 e. The fraction of sp³-hybridized carbons (Fsp3) is 0.366. The number of benzene rings is 2. The first kappa shape index (κ1) is 44.0. The lowest BCUT2D eigenvalue weighted by molar-refractivity contribution is -0.148. The zero-order chi connectivity index (χ0) is 37.2. The van der Waals surface area contributed by atoms with E-state index in [9.17, 15) is 19.2 Å². The average Bonchev–Trinajstić information content (AvgIpc) is 3.04. The molecular weight excluding hydrogens is 620 g/mol. The van der Waals surface area contributed by atoms with Gasteiger partial charge in [-0.2, -0.15) is 0 Å².